The number of aromatic hydroxyl groups is 4. The summed E-state index contributed by atoms with van der Waals surface area (Å²) in [4.78, 5) is 0. The zero-order valence-electron chi connectivity index (χ0n) is 26.0. The molecule has 0 unspecified atom stereocenters. The maximum atomic E-state index is 11.9. The van der Waals surface area contributed by atoms with Gasteiger partial charge in [-0.25, -0.2) is 0 Å². The second-order valence-electron chi connectivity index (χ2n) is 11.8. The van der Waals surface area contributed by atoms with Crippen LogP contribution in [0.1, 0.15) is 18.1 Å². The number of fused-ring (bicyclic) bond motifs is 6. The monoisotopic (exact) mass is 626 g/mol. The summed E-state index contributed by atoms with van der Waals surface area (Å²) < 4.78 is 6.54. The van der Waals surface area contributed by atoms with E-state index in [0.29, 0.717) is 16.7 Å². The third-order valence-corrected chi connectivity index (χ3v) is 9.20. The molecule has 8 rings (SSSR count). The number of phenols is 4. The van der Waals surface area contributed by atoms with Crippen molar-refractivity contribution in [2.75, 3.05) is 0 Å². The fourth-order valence-electron chi connectivity index (χ4n) is 7.17. The van der Waals surface area contributed by atoms with Crippen LogP contribution < -0.4 is 0 Å². The second-order valence-corrected chi connectivity index (χ2v) is 11.8. The van der Waals surface area contributed by atoms with E-state index in [-0.39, 0.29) is 16.9 Å². The standard InChI is InChI=1S/C43H30O5/c1-3-13-28-26(4-2)35(31-20-12-21-33-36(31)32-23-22-24-14-8-9-17-27(24)43(32)48-33)29-18-10-11-19-30(29)37(28)38-39(44)34(25-15-6-5-7-16-25)40(45)42(47)41(38)46/h3-23,44-47H,2H2,1H3/b13-3-. The van der Waals surface area contributed by atoms with Crippen LogP contribution in [0.5, 0.6) is 23.0 Å². The van der Waals surface area contributed by atoms with Gasteiger partial charge in [0.15, 0.2) is 11.5 Å². The van der Waals surface area contributed by atoms with Gasteiger partial charge in [0.2, 0.25) is 5.75 Å². The zero-order valence-corrected chi connectivity index (χ0v) is 26.0. The lowest BCUT2D eigenvalue weighted by atomic mass is 9.81. The van der Waals surface area contributed by atoms with Crippen LogP contribution in [0.25, 0.3) is 89.0 Å². The van der Waals surface area contributed by atoms with Gasteiger partial charge in [-0.1, -0.05) is 122 Å². The van der Waals surface area contributed by atoms with Gasteiger partial charge in [-0.15, -0.1) is 0 Å². The van der Waals surface area contributed by atoms with Crippen LogP contribution in [0.15, 0.2) is 126 Å². The molecule has 0 saturated heterocycles. The highest BCUT2D eigenvalue weighted by Crippen LogP contribution is 2.58. The molecule has 8 aromatic rings. The average molecular weight is 627 g/mol. The molecule has 0 amide bonds. The summed E-state index contributed by atoms with van der Waals surface area (Å²) in [6, 6.07) is 35.0. The van der Waals surface area contributed by atoms with Crippen LogP contribution in [0, 0.1) is 0 Å². The predicted molar refractivity (Wildman–Crippen MR) is 196 cm³/mol. The molecule has 5 nitrogen and oxygen atoms in total. The van der Waals surface area contributed by atoms with E-state index < -0.39 is 17.2 Å². The third kappa shape index (κ3) is 4.11. The molecule has 0 aliphatic carbocycles. The number of phenolic OH excluding ortho intramolecular Hbond substituents is 4. The maximum absolute atomic E-state index is 11.9. The molecule has 5 heteroatoms. The summed E-state index contributed by atoms with van der Waals surface area (Å²) in [5.41, 5.74) is 5.83. The molecule has 4 N–H and O–H groups in total. The van der Waals surface area contributed by atoms with E-state index in [1.54, 1.807) is 30.3 Å². The highest BCUT2D eigenvalue weighted by Gasteiger charge is 2.30. The molecule has 0 saturated carbocycles. The van der Waals surface area contributed by atoms with Crippen LogP contribution in [-0.4, -0.2) is 20.4 Å². The minimum atomic E-state index is -0.719. The number of benzene rings is 7. The Morgan fingerprint density at radius 1 is 0.542 bits per heavy atom. The van der Waals surface area contributed by atoms with E-state index in [9.17, 15) is 20.4 Å². The molecule has 0 bridgehead atoms. The molecule has 48 heavy (non-hydrogen) atoms. The van der Waals surface area contributed by atoms with Crippen LogP contribution in [0.2, 0.25) is 0 Å². The van der Waals surface area contributed by atoms with Crippen molar-refractivity contribution in [1.82, 2.24) is 0 Å². The summed E-state index contributed by atoms with van der Waals surface area (Å²) >= 11 is 0. The Bertz CT molecular complexity index is 2630. The zero-order chi connectivity index (χ0) is 33.1. The minimum absolute atomic E-state index is 0.00143. The number of furan rings is 1. The second kappa shape index (κ2) is 11.1. The van der Waals surface area contributed by atoms with Crippen molar-refractivity contribution in [1.29, 1.82) is 0 Å². The first-order valence-corrected chi connectivity index (χ1v) is 15.7. The molecule has 0 radical (unpaired) electrons. The third-order valence-electron chi connectivity index (χ3n) is 9.20. The average Bonchev–Trinajstić information content (AvgIpc) is 3.51. The Hall–Kier alpha value is -6.46. The lowest BCUT2D eigenvalue weighted by molar-refractivity contribution is 0.364. The van der Waals surface area contributed by atoms with Crippen molar-refractivity contribution in [3.63, 3.8) is 0 Å². The van der Waals surface area contributed by atoms with Gasteiger partial charge < -0.3 is 24.8 Å². The van der Waals surface area contributed by atoms with E-state index in [1.807, 2.05) is 73.7 Å². The molecular formula is C43H30O5. The maximum Gasteiger partial charge on any atom is 0.201 e. The highest BCUT2D eigenvalue weighted by atomic mass is 16.3. The molecule has 0 atom stereocenters. The van der Waals surface area contributed by atoms with Crippen molar-refractivity contribution in [2.24, 2.45) is 0 Å². The van der Waals surface area contributed by atoms with Crippen molar-refractivity contribution in [3.05, 3.63) is 133 Å². The summed E-state index contributed by atoms with van der Waals surface area (Å²) in [7, 11) is 0. The fraction of sp³-hybridized carbons (Fsp3) is 0.0233. The molecular weight excluding hydrogens is 596 g/mol. The van der Waals surface area contributed by atoms with Gasteiger partial charge in [0, 0.05) is 21.7 Å². The fourth-order valence-corrected chi connectivity index (χ4v) is 7.17. The molecule has 1 heterocycles. The van der Waals surface area contributed by atoms with Crippen molar-refractivity contribution in [3.8, 4) is 56.4 Å². The molecule has 232 valence electrons. The lowest BCUT2D eigenvalue weighted by Crippen LogP contribution is -1.98. The first-order valence-electron chi connectivity index (χ1n) is 15.7. The SMILES string of the molecule is C=Cc1c(/C=C\C)c(-c2c(O)c(O)c(O)c(-c3ccccc3)c2O)c2ccccc2c1-c1cccc2oc3c4ccccc4ccc3c12. The molecule has 7 aromatic carbocycles. The van der Waals surface area contributed by atoms with E-state index in [2.05, 4.69) is 36.9 Å². The Morgan fingerprint density at radius 3 is 1.94 bits per heavy atom. The summed E-state index contributed by atoms with van der Waals surface area (Å²) in [6.45, 7) is 6.14. The molecule has 0 spiro atoms. The molecule has 0 aliphatic rings. The number of hydrogen-bond acceptors (Lipinski definition) is 5. The van der Waals surface area contributed by atoms with Crippen LogP contribution in [0.3, 0.4) is 0 Å². The number of rotatable bonds is 5. The van der Waals surface area contributed by atoms with E-state index in [0.717, 1.165) is 60.2 Å². The summed E-state index contributed by atoms with van der Waals surface area (Å²) in [5.74, 6) is -2.31. The topological polar surface area (TPSA) is 94.1 Å². The van der Waals surface area contributed by atoms with E-state index in [1.165, 1.54) is 0 Å². The lowest BCUT2D eigenvalue weighted by Gasteiger charge is -2.23. The quantitative estimate of drug-likeness (QED) is 0.113. The van der Waals surface area contributed by atoms with Crippen LogP contribution in [0.4, 0.5) is 0 Å². The Balaban J connectivity index is 1.54. The van der Waals surface area contributed by atoms with E-state index >= 15 is 0 Å². The smallest absolute Gasteiger partial charge is 0.201 e. The summed E-state index contributed by atoms with van der Waals surface area (Å²) in [5, 5.41) is 51.1. The predicted octanol–water partition coefficient (Wildman–Crippen LogP) is 11.4. The largest absolute Gasteiger partial charge is 0.506 e. The minimum Gasteiger partial charge on any atom is -0.506 e. The first-order chi connectivity index (χ1) is 23.4. The van der Waals surface area contributed by atoms with Gasteiger partial charge in [0.1, 0.15) is 16.9 Å². The molecule has 1 aromatic heterocycles. The van der Waals surface area contributed by atoms with Crippen molar-refractivity contribution in [2.45, 2.75) is 6.92 Å². The highest BCUT2D eigenvalue weighted by molar-refractivity contribution is 6.23. The first kappa shape index (κ1) is 29.0. The van der Waals surface area contributed by atoms with Gasteiger partial charge >= 0.3 is 0 Å². The number of allylic oxidation sites excluding steroid dienone is 1. The molecule has 0 fully saturated rings. The van der Waals surface area contributed by atoms with Crippen molar-refractivity contribution < 1.29 is 24.8 Å². The van der Waals surface area contributed by atoms with Gasteiger partial charge in [-0.2, -0.15) is 0 Å². The van der Waals surface area contributed by atoms with Gasteiger partial charge in [-0.05, 0) is 63.0 Å². The van der Waals surface area contributed by atoms with Gasteiger partial charge in [-0.3, -0.25) is 0 Å². The molecule has 0 aliphatic heterocycles. The van der Waals surface area contributed by atoms with E-state index in [4.69, 9.17) is 4.42 Å². The Labute approximate surface area is 276 Å². The van der Waals surface area contributed by atoms with Crippen LogP contribution >= 0.6 is 0 Å². The number of hydrogen-bond donors (Lipinski definition) is 4. The van der Waals surface area contributed by atoms with Crippen LogP contribution in [-0.2, 0) is 0 Å². The van der Waals surface area contributed by atoms with Crippen molar-refractivity contribution >= 4 is 55.6 Å². The van der Waals surface area contributed by atoms with Gasteiger partial charge in [0.05, 0.1) is 11.1 Å². The normalized spacial score (nSPS) is 11.8. The van der Waals surface area contributed by atoms with Gasteiger partial charge in [0.25, 0.3) is 0 Å². The summed E-state index contributed by atoms with van der Waals surface area (Å²) in [6.07, 6.45) is 5.58. The Kier molecular flexibility index (Phi) is 6.70. The Morgan fingerprint density at radius 2 is 1.21 bits per heavy atom.